The van der Waals surface area contributed by atoms with Crippen LogP contribution in [0, 0.1) is 5.92 Å². The van der Waals surface area contributed by atoms with Crippen LogP contribution in [0.3, 0.4) is 0 Å². The van der Waals surface area contributed by atoms with Crippen LogP contribution in [-0.2, 0) is 4.79 Å². The SMILES string of the molecule is CCCCCCCCCCCC(C)NCN1C(=O)NC(C2CCCCC2)C1=O. The lowest BCUT2D eigenvalue weighted by Gasteiger charge is -2.25. The normalized spacial score (nSPS) is 21.9. The molecule has 0 aromatic heterocycles. The molecule has 1 saturated heterocycles. The maximum atomic E-state index is 12.7. The Hall–Kier alpha value is -1.10. The molecule has 2 fully saturated rings. The number of hydrogen-bond acceptors (Lipinski definition) is 3. The number of nitrogens with zero attached hydrogens (tertiary/aromatic N) is 1. The Morgan fingerprint density at radius 2 is 1.57 bits per heavy atom. The third-order valence-electron chi connectivity index (χ3n) is 6.52. The van der Waals surface area contributed by atoms with Crippen molar-refractivity contribution in [2.45, 2.75) is 122 Å². The number of carbonyl (C=O) groups excluding carboxylic acids is 2. The van der Waals surface area contributed by atoms with Crippen LogP contribution in [0.2, 0.25) is 0 Å². The fourth-order valence-electron chi connectivity index (χ4n) is 4.59. The molecule has 2 atom stereocenters. The predicted octanol–water partition coefficient (Wildman–Crippen LogP) is 5.34. The second-order valence-corrected chi connectivity index (χ2v) is 8.97. The molecule has 2 aliphatic rings. The monoisotopic (exact) mass is 393 g/mol. The summed E-state index contributed by atoms with van der Waals surface area (Å²) in [5.74, 6) is 0.300. The van der Waals surface area contributed by atoms with E-state index in [1.165, 1.54) is 81.9 Å². The molecule has 0 spiro atoms. The van der Waals surface area contributed by atoms with Gasteiger partial charge in [-0.25, -0.2) is 9.69 Å². The van der Waals surface area contributed by atoms with Crippen molar-refractivity contribution in [1.29, 1.82) is 0 Å². The van der Waals surface area contributed by atoms with E-state index in [1.807, 2.05) is 0 Å². The first-order valence-electron chi connectivity index (χ1n) is 12.0. The molecular formula is C23H43N3O2. The average molecular weight is 394 g/mol. The van der Waals surface area contributed by atoms with Gasteiger partial charge in [-0.2, -0.15) is 0 Å². The molecule has 162 valence electrons. The van der Waals surface area contributed by atoms with Crippen LogP contribution in [0.1, 0.15) is 110 Å². The first kappa shape index (κ1) is 23.2. The summed E-state index contributed by atoms with van der Waals surface area (Å²) in [5, 5.41) is 6.31. The van der Waals surface area contributed by atoms with Crippen molar-refractivity contribution in [3.05, 3.63) is 0 Å². The molecule has 0 aromatic rings. The summed E-state index contributed by atoms with van der Waals surface area (Å²) in [4.78, 5) is 26.3. The minimum Gasteiger partial charge on any atom is -0.325 e. The zero-order valence-corrected chi connectivity index (χ0v) is 18.3. The summed E-state index contributed by atoms with van der Waals surface area (Å²) >= 11 is 0. The van der Waals surface area contributed by atoms with Gasteiger partial charge in [0, 0.05) is 6.04 Å². The van der Waals surface area contributed by atoms with Gasteiger partial charge in [-0.1, -0.05) is 84.0 Å². The zero-order chi connectivity index (χ0) is 20.2. The first-order chi connectivity index (χ1) is 13.6. The van der Waals surface area contributed by atoms with Crippen molar-refractivity contribution >= 4 is 11.9 Å². The van der Waals surface area contributed by atoms with E-state index in [2.05, 4.69) is 24.5 Å². The molecule has 2 N–H and O–H groups in total. The summed E-state index contributed by atoms with van der Waals surface area (Å²) in [6, 6.07) is -0.176. The van der Waals surface area contributed by atoms with E-state index in [0.717, 1.165) is 19.3 Å². The van der Waals surface area contributed by atoms with Gasteiger partial charge in [-0.05, 0) is 32.1 Å². The Morgan fingerprint density at radius 1 is 0.964 bits per heavy atom. The van der Waals surface area contributed by atoms with Crippen LogP contribution >= 0.6 is 0 Å². The third kappa shape index (κ3) is 7.73. The van der Waals surface area contributed by atoms with Gasteiger partial charge < -0.3 is 5.32 Å². The number of amides is 3. The van der Waals surface area contributed by atoms with E-state index in [4.69, 9.17) is 0 Å². The number of hydrogen-bond donors (Lipinski definition) is 2. The fraction of sp³-hybridized carbons (Fsp3) is 0.913. The van der Waals surface area contributed by atoms with Crippen molar-refractivity contribution in [3.63, 3.8) is 0 Å². The van der Waals surface area contributed by atoms with Crippen molar-refractivity contribution < 1.29 is 9.59 Å². The van der Waals surface area contributed by atoms with Crippen molar-refractivity contribution in [2.24, 2.45) is 5.92 Å². The van der Waals surface area contributed by atoms with Gasteiger partial charge in [0.2, 0.25) is 0 Å². The van der Waals surface area contributed by atoms with Crippen LogP contribution in [0.15, 0.2) is 0 Å². The van der Waals surface area contributed by atoms with Gasteiger partial charge in [-0.15, -0.1) is 0 Å². The lowest BCUT2D eigenvalue weighted by atomic mass is 9.84. The van der Waals surface area contributed by atoms with Crippen LogP contribution in [0.5, 0.6) is 0 Å². The number of rotatable bonds is 14. The van der Waals surface area contributed by atoms with Gasteiger partial charge in [-0.3, -0.25) is 10.1 Å². The van der Waals surface area contributed by atoms with Crippen molar-refractivity contribution in [1.82, 2.24) is 15.5 Å². The van der Waals surface area contributed by atoms with Gasteiger partial charge in [0.15, 0.2) is 0 Å². The van der Waals surface area contributed by atoms with Crippen LogP contribution < -0.4 is 10.6 Å². The predicted molar refractivity (Wildman–Crippen MR) is 115 cm³/mol. The first-order valence-corrected chi connectivity index (χ1v) is 12.0. The van der Waals surface area contributed by atoms with E-state index < -0.39 is 0 Å². The maximum absolute atomic E-state index is 12.7. The quantitative estimate of drug-likeness (QED) is 0.309. The number of urea groups is 1. The van der Waals surface area contributed by atoms with E-state index in [-0.39, 0.29) is 18.0 Å². The smallest absolute Gasteiger partial charge is 0.325 e. The van der Waals surface area contributed by atoms with Gasteiger partial charge in [0.05, 0.1) is 6.67 Å². The largest absolute Gasteiger partial charge is 0.325 e. The second-order valence-electron chi connectivity index (χ2n) is 8.97. The lowest BCUT2D eigenvalue weighted by Crippen LogP contribution is -2.43. The summed E-state index contributed by atoms with van der Waals surface area (Å²) < 4.78 is 0. The number of carbonyl (C=O) groups is 2. The summed E-state index contributed by atoms with van der Waals surface area (Å²) in [5.41, 5.74) is 0. The molecule has 3 amide bonds. The standard InChI is InChI=1S/C23H43N3O2/c1-3-4-5-6-7-8-9-10-12-15-19(2)24-18-26-22(27)21(25-23(26)28)20-16-13-11-14-17-20/h19-21,24H,3-18H2,1-2H3,(H,25,28). The highest BCUT2D eigenvalue weighted by Gasteiger charge is 2.42. The maximum Gasteiger partial charge on any atom is 0.325 e. The minimum absolute atomic E-state index is 0.0281. The van der Waals surface area contributed by atoms with E-state index in [0.29, 0.717) is 18.6 Å². The number of nitrogens with one attached hydrogen (secondary N) is 2. The Balaban J connectivity index is 1.55. The summed E-state index contributed by atoms with van der Waals surface area (Å²) in [6.45, 7) is 4.75. The van der Waals surface area contributed by atoms with E-state index in [1.54, 1.807) is 0 Å². The summed E-state index contributed by atoms with van der Waals surface area (Å²) in [6.07, 6.45) is 18.9. The topological polar surface area (TPSA) is 61.4 Å². The second kappa shape index (κ2) is 13.2. The van der Waals surface area contributed by atoms with Gasteiger partial charge >= 0.3 is 6.03 Å². The summed E-state index contributed by atoms with van der Waals surface area (Å²) in [7, 11) is 0. The third-order valence-corrected chi connectivity index (χ3v) is 6.52. The van der Waals surface area contributed by atoms with Crippen LogP contribution in [-0.4, -0.2) is 35.6 Å². The molecule has 1 aliphatic heterocycles. The number of unbranched alkanes of at least 4 members (excludes halogenated alkanes) is 8. The minimum atomic E-state index is -0.290. The van der Waals surface area contributed by atoms with Crippen LogP contribution in [0.4, 0.5) is 4.79 Å². The van der Waals surface area contributed by atoms with E-state index >= 15 is 0 Å². The number of imide groups is 1. The molecule has 2 rings (SSSR count). The highest BCUT2D eigenvalue weighted by Crippen LogP contribution is 2.29. The highest BCUT2D eigenvalue weighted by atomic mass is 16.2. The Morgan fingerprint density at radius 3 is 2.21 bits per heavy atom. The molecule has 1 saturated carbocycles. The van der Waals surface area contributed by atoms with Crippen molar-refractivity contribution in [2.75, 3.05) is 6.67 Å². The Bertz CT molecular complexity index is 463. The average Bonchev–Trinajstić information content (AvgIpc) is 2.99. The molecule has 1 heterocycles. The van der Waals surface area contributed by atoms with E-state index in [9.17, 15) is 9.59 Å². The van der Waals surface area contributed by atoms with Gasteiger partial charge in [0.25, 0.3) is 5.91 Å². The zero-order valence-electron chi connectivity index (χ0n) is 18.3. The lowest BCUT2D eigenvalue weighted by molar-refractivity contribution is -0.129. The van der Waals surface area contributed by atoms with Crippen LogP contribution in [0.25, 0.3) is 0 Å². The molecule has 0 radical (unpaired) electrons. The molecule has 5 nitrogen and oxygen atoms in total. The molecular weight excluding hydrogens is 350 g/mol. The molecule has 2 unspecified atom stereocenters. The molecule has 1 aliphatic carbocycles. The molecule has 0 bridgehead atoms. The van der Waals surface area contributed by atoms with Crippen molar-refractivity contribution in [3.8, 4) is 0 Å². The van der Waals surface area contributed by atoms with Gasteiger partial charge in [0.1, 0.15) is 6.04 Å². The molecule has 28 heavy (non-hydrogen) atoms. The molecule has 0 aromatic carbocycles. The fourth-order valence-corrected chi connectivity index (χ4v) is 4.59. The Kier molecular flexibility index (Phi) is 10.9. The Labute approximate surface area is 172 Å². The highest BCUT2D eigenvalue weighted by molar-refractivity contribution is 6.04. The molecule has 5 heteroatoms.